The number of carboxylic acids is 1. The van der Waals surface area contributed by atoms with E-state index in [1.54, 1.807) is 24.1 Å². The molecule has 1 fully saturated rings. The standard InChI is InChI=1S/C15H19NO4/c1-20-10-11-4-3-7-16(9-11)14(17)12-5-2-6-13(8-12)15(18)19/h2,5-6,8,11H,3-4,7,9-10H2,1H3,(H,18,19). The summed E-state index contributed by atoms with van der Waals surface area (Å²) >= 11 is 0. The van der Waals surface area contributed by atoms with Crippen LogP contribution in [0.4, 0.5) is 0 Å². The van der Waals surface area contributed by atoms with Gasteiger partial charge in [0.15, 0.2) is 0 Å². The van der Waals surface area contributed by atoms with E-state index in [4.69, 9.17) is 9.84 Å². The second-order valence-corrected chi connectivity index (χ2v) is 5.10. The zero-order chi connectivity index (χ0) is 14.5. The monoisotopic (exact) mass is 277 g/mol. The number of hydrogen-bond acceptors (Lipinski definition) is 3. The van der Waals surface area contributed by atoms with E-state index in [0.29, 0.717) is 24.6 Å². The van der Waals surface area contributed by atoms with Gasteiger partial charge in [-0.05, 0) is 37.0 Å². The lowest BCUT2D eigenvalue weighted by Crippen LogP contribution is -2.41. The second kappa shape index (κ2) is 6.52. The Morgan fingerprint density at radius 2 is 2.15 bits per heavy atom. The number of piperidine rings is 1. The van der Waals surface area contributed by atoms with E-state index in [2.05, 4.69) is 0 Å². The summed E-state index contributed by atoms with van der Waals surface area (Å²) in [6.45, 7) is 2.04. The first-order valence-electron chi connectivity index (χ1n) is 6.73. The third kappa shape index (κ3) is 3.36. The minimum absolute atomic E-state index is 0.103. The fourth-order valence-electron chi connectivity index (χ4n) is 2.59. The molecular weight excluding hydrogens is 258 g/mol. The Hall–Kier alpha value is -1.88. The molecule has 20 heavy (non-hydrogen) atoms. The van der Waals surface area contributed by atoms with Gasteiger partial charge < -0.3 is 14.7 Å². The highest BCUT2D eigenvalue weighted by Gasteiger charge is 2.24. The Labute approximate surface area is 118 Å². The Morgan fingerprint density at radius 1 is 1.40 bits per heavy atom. The van der Waals surface area contributed by atoms with Crippen LogP contribution >= 0.6 is 0 Å². The average molecular weight is 277 g/mol. The molecule has 1 N–H and O–H groups in total. The van der Waals surface area contributed by atoms with Crippen molar-refractivity contribution in [3.63, 3.8) is 0 Å². The van der Waals surface area contributed by atoms with Crippen molar-refractivity contribution in [3.8, 4) is 0 Å². The van der Waals surface area contributed by atoms with Crippen molar-refractivity contribution in [3.05, 3.63) is 35.4 Å². The molecule has 1 amide bonds. The second-order valence-electron chi connectivity index (χ2n) is 5.10. The predicted octanol–water partition coefficient (Wildman–Crippen LogP) is 1.88. The molecule has 1 saturated heterocycles. The molecule has 0 spiro atoms. The van der Waals surface area contributed by atoms with Crippen LogP contribution in [-0.4, -0.2) is 48.7 Å². The molecule has 0 bridgehead atoms. The van der Waals surface area contributed by atoms with Crippen LogP contribution in [0.1, 0.15) is 33.6 Å². The van der Waals surface area contributed by atoms with Crippen LogP contribution in [0.25, 0.3) is 0 Å². The molecule has 1 aliphatic rings. The number of methoxy groups -OCH3 is 1. The average Bonchev–Trinajstić information content (AvgIpc) is 2.47. The summed E-state index contributed by atoms with van der Waals surface area (Å²) in [5.74, 6) is -0.759. The Bertz CT molecular complexity index is 498. The van der Waals surface area contributed by atoms with Gasteiger partial charge in [0, 0.05) is 25.8 Å². The van der Waals surface area contributed by atoms with Crippen molar-refractivity contribution in [1.29, 1.82) is 0 Å². The fraction of sp³-hybridized carbons (Fsp3) is 0.467. The van der Waals surface area contributed by atoms with Gasteiger partial charge in [0.1, 0.15) is 0 Å². The number of carbonyl (C=O) groups is 2. The van der Waals surface area contributed by atoms with Crippen LogP contribution in [0.15, 0.2) is 24.3 Å². The van der Waals surface area contributed by atoms with E-state index in [9.17, 15) is 9.59 Å². The number of nitrogens with zero attached hydrogens (tertiary/aromatic N) is 1. The lowest BCUT2D eigenvalue weighted by atomic mass is 9.98. The lowest BCUT2D eigenvalue weighted by molar-refractivity contribution is 0.0571. The number of rotatable bonds is 4. The minimum atomic E-state index is -1.02. The van der Waals surface area contributed by atoms with Crippen molar-refractivity contribution in [2.75, 3.05) is 26.8 Å². The maximum Gasteiger partial charge on any atom is 0.335 e. The van der Waals surface area contributed by atoms with E-state index in [0.717, 1.165) is 19.4 Å². The number of carboxylic acid groups (broad SMARTS) is 1. The first-order chi connectivity index (χ1) is 9.61. The molecule has 108 valence electrons. The number of hydrogen-bond donors (Lipinski definition) is 1. The number of amides is 1. The molecule has 2 rings (SSSR count). The third-order valence-corrected chi connectivity index (χ3v) is 3.57. The summed E-state index contributed by atoms with van der Waals surface area (Å²) in [5, 5.41) is 8.97. The lowest BCUT2D eigenvalue weighted by Gasteiger charge is -2.32. The van der Waals surface area contributed by atoms with Crippen LogP contribution < -0.4 is 0 Å². The first-order valence-corrected chi connectivity index (χ1v) is 6.73. The fourth-order valence-corrected chi connectivity index (χ4v) is 2.59. The summed E-state index contributed by atoms with van der Waals surface area (Å²) in [5.41, 5.74) is 0.573. The highest BCUT2D eigenvalue weighted by Crippen LogP contribution is 2.19. The van der Waals surface area contributed by atoms with Crippen LogP contribution in [0.5, 0.6) is 0 Å². The SMILES string of the molecule is COCC1CCCN(C(=O)c2cccc(C(=O)O)c2)C1. The quantitative estimate of drug-likeness (QED) is 0.912. The minimum Gasteiger partial charge on any atom is -0.478 e. The molecule has 1 aromatic carbocycles. The van der Waals surface area contributed by atoms with E-state index in [1.165, 1.54) is 12.1 Å². The topological polar surface area (TPSA) is 66.8 Å². The molecule has 1 unspecified atom stereocenters. The molecule has 0 aromatic heterocycles. The summed E-state index contributed by atoms with van der Waals surface area (Å²) in [7, 11) is 1.66. The highest BCUT2D eigenvalue weighted by molar-refractivity contribution is 5.97. The van der Waals surface area contributed by atoms with E-state index < -0.39 is 5.97 Å². The van der Waals surface area contributed by atoms with Crippen molar-refractivity contribution >= 4 is 11.9 Å². The van der Waals surface area contributed by atoms with Crippen molar-refractivity contribution in [2.24, 2.45) is 5.92 Å². The number of benzene rings is 1. The molecule has 0 saturated carbocycles. The molecule has 1 atom stereocenters. The van der Waals surface area contributed by atoms with Crippen LogP contribution in [0, 0.1) is 5.92 Å². The van der Waals surface area contributed by atoms with Gasteiger partial charge in [0.2, 0.25) is 0 Å². The molecule has 5 heteroatoms. The Balaban J connectivity index is 2.10. The van der Waals surface area contributed by atoms with Crippen LogP contribution in [0.3, 0.4) is 0 Å². The smallest absolute Gasteiger partial charge is 0.335 e. The van der Waals surface area contributed by atoms with E-state index in [1.807, 2.05) is 0 Å². The van der Waals surface area contributed by atoms with Crippen LogP contribution in [0.2, 0.25) is 0 Å². The van der Waals surface area contributed by atoms with Crippen molar-refractivity contribution < 1.29 is 19.4 Å². The molecule has 1 heterocycles. The Morgan fingerprint density at radius 3 is 2.85 bits per heavy atom. The molecule has 0 radical (unpaired) electrons. The van der Waals surface area contributed by atoms with Gasteiger partial charge in [-0.15, -0.1) is 0 Å². The van der Waals surface area contributed by atoms with Gasteiger partial charge in [0.25, 0.3) is 5.91 Å². The van der Waals surface area contributed by atoms with Crippen LogP contribution in [-0.2, 0) is 4.74 Å². The largest absolute Gasteiger partial charge is 0.478 e. The summed E-state index contributed by atoms with van der Waals surface area (Å²) < 4.78 is 5.15. The first kappa shape index (κ1) is 14.5. The van der Waals surface area contributed by atoms with Gasteiger partial charge in [-0.1, -0.05) is 6.07 Å². The highest BCUT2D eigenvalue weighted by atomic mass is 16.5. The molecule has 5 nitrogen and oxygen atoms in total. The number of aromatic carboxylic acids is 1. The zero-order valence-corrected chi connectivity index (χ0v) is 11.5. The molecular formula is C15H19NO4. The summed E-state index contributed by atoms with van der Waals surface area (Å²) in [4.78, 5) is 25.2. The zero-order valence-electron chi connectivity index (χ0n) is 11.5. The summed E-state index contributed by atoms with van der Waals surface area (Å²) in [6, 6.07) is 6.19. The number of ether oxygens (including phenoxy) is 1. The van der Waals surface area contributed by atoms with Gasteiger partial charge in [0.05, 0.1) is 12.2 Å². The van der Waals surface area contributed by atoms with Gasteiger partial charge in [-0.2, -0.15) is 0 Å². The van der Waals surface area contributed by atoms with Crippen molar-refractivity contribution in [2.45, 2.75) is 12.8 Å². The summed E-state index contributed by atoms with van der Waals surface area (Å²) in [6.07, 6.45) is 2.02. The van der Waals surface area contributed by atoms with E-state index in [-0.39, 0.29) is 11.5 Å². The predicted molar refractivity (Wildman–Crippen MR) is 73.9 cm³/mol. The van der Waals surface area contributed by atoms with Gasteiger partial charge >= 0.3 is 5.97 Å². The molecule has 1 aromatic rings. The number of carbonyl (C=O) groups excluding carboxylic acids is 1. The number of likely N-dealkylation sites (tertiary alicyclic amines) is 1. The third-order valence-electron chi connectivity index (χ3n) is 3.57. The Kier molecular flexibility index (Phi) is 4.74. The van der Waals surface area contributed by atoms with Gasteiger partial charge in [-0.25, -0.2) is 4.79 Å². The molecule has 0 aliphatic carbocycles. The van der Waals surface area contributed by atoms with E-state index >= 15 is 0 Å². The maximum atomic E-state index is 12.4. The van der Waals surface area contributed by atoms with Crippen molar-refractivity contribution in [1.82, 2.24) is 4.90 Å². The van der Waals surface area contributed by atoms with Gasteiger partial charge in [-0.3, -0.25) is 4.79 Å². The molecule has 1 aliphatic heterocycles. The maximum absolute atomic E-state index is 12.4. The normalized spacial score (nSPS) is 18.9.